The predicted molar refractivity (Wildman–Crippen MR) is 82.6 cm³/mol. The average Bonchev–Trinajstić information content (AvgIpc) is 2.43. The fourth-order valence-corrected chi connectivity index (χ4v) is 2.04. The Balaban J connectivity index is 2.00. The molecule has 0 saturated carbocycles. The van der Waals surface area contributed by atoms with Crippen LogP contribution >= 0.6 is 15.9 Å². The van der Waals surface area contributed by atoms with E-state index in [2.05, 4.69) is 35.0 Å². The van der Waals surface area contributed by atoms with E-state index in [-0.39, 0.29) is 6.04 Å². The van der Waals surface area contributed by atoms with Gasteiger partial charge < -0.3 is 10.5 Å². The predicted octanol–water partition coefficient (Wildman–Crippen LogP) is 4.52. The third-order valence-electron chi connectivity index (χ3n) is 2.99. The summed E-state index contributed by atoms with van der Waals surface area (Å²) in [7, 11) is 0. The molecule has 2 N–H and O–H groups in total. The SMILES string of the molecule is CCC(N)Cc1ccc(Oc2ccc(Br)cc2)cc1. The molecule has 3 heteroatoms. The molecule has 2 aromatic rings. The molecule has 0 aromatic heterocycles. The van der Waals surface area contributed by atoms with Crippen LogP contribution in [0.3, 0.4) is 0 Å². The Labute approximate surface area is 122 Å². The second-order valence-corrected chi connectivity index (χ2v) is 5.49. The molecule has 0 heterocycles. The topological polar surface area (TPSA) is 35.2 Å². The van der Waals surface area contributed by atoms with Gasteiger partial charge in [0.15, 0.2) is 0 Å². The Morgan fingerprint density at radius 3 is 2.05 bits per heavy atom. The molecule has 2 rings (SSSR count). The number of hydrogen-bond donors (Lipinski definition) is 1. The molecular formula is C16H18BrNO. The Hall–Kier alpha value is -1.32. The van der Waals surface area contributed by atoms with Crippen LogP contribution in [0.25, 0.3) is 0 Å². The van der Waals surface area contributed by atoms with Crippen molar-refractivity contribution >= 4 is 15.9 Å². The minimum absolute atomic E-state index is 0.234. The van der Waals surface area contributed by atoms with Crippen LogP contribution in [0, 0.1) is 0 Å². The molecule has 0 amide bonds. The molecule has 2 nitrogen and oxygen atoms in total. The van der Waals surface area contributed by atoms with Gasteiger partial charge in [0, 0.05) is 10.5 Å². The van der Waals surface area contributed by atoms with Crippen molar-refractivity contribution in [1.82, 2.24) is 0 Å². The van der Waals surface area contributed by atoms with E-state index < -0.39 is 0 Å². The maximum Gasteiger partial charge on any atom is 0.127 e. The Morgan fingerprint density at radius 1 is 1.00 bits per heavy atom. The van der Waals surface area contributed by atoms with E-state index in [4.69, 9.17) is 10.5 Å². The van der Waals surface area contributed by atoms with Crippen LogP contribution in [0.1, 0.15) is 18.9 Å². The van der Waals surface area contributed by atoms with Gasteiger partial charge in [0.05, 0.1) is 0 Å². The summed E-state index contributed by atoms with van der Waals surface area (Å²) in [6.45, 7) is 2.11. The van der Waals surface area contributed by atoms with Crippen molar-refractivity contribution in [3.63, 3.8) is 0 Å². The van der Waals surface area contributed by atoms with Crippen molar-refractivity contribution in [1.29, 1.82) is 0 Å². The number of benzene rings is 2. The lowest BCUT2D eigenvalue weighted by Crippen LogP contribution is -2.21. The van der Waals surface area contributed by atoms with E-state index in [1.807, 2.05) is 36.4 Å². The summed E-state index contributed by atoms with van der Waals surface area (Å²) in [4.78, 5) is 0. The summed E-state index contributed by atoms with van der Waals surface area (Å²) < 4.78 is 6.81. The standard InChI is InChI=1S/C16H18BrNO/c1-2-14(18)11-12-3-7-15(8-4-12)19-16-9-5-13(17)6-10-16/h3-10,14H,2,11,18H2,1H3. The molecular weight excluding hydrogens is 302 g/mol. The number of hydrogen-bond acceptors (Lipinski definition) is 2. The third-order valence-corrected chi connectivity index (χ3v) is 3.52. The average molecular weight is 320 g/mol. The van der Waals surface area contributed by atoms with Crippen LogP contribution in [0.4, 0.5) is 0 Å². The van der Waals surface area contributed by atoms with Crippen molar-refractivity contribution in [2.24, 2.45) is 5.73 Å². The fraction of sp³-hybridized carbons (Fsp3) is 0.250. The van der Waals surface area contributed by atoms with E-state index >= 15 is 0 Å². The summed E-state index contributed by atoms with van der Waals surface area (Å²) in [6.07, 6.45) is 1.91. The molecule has 0 bridgehead atoms. The number of nitrogens with two attached hydrogens (primary N) is 1. The highest BCUT2D eigenvalue weighted by molar-refractivity contribution is 9.10. The summed E-state index contributed by atoms with van der Waals surface area (Å²) in [5.41, 5.74) is 7.19. The first-order valence-corrected chi connectivity index (χ1v) is 7.24. The number of rotatable bonds is 5. The Bertz CT molecular complexity index is 507. The van der Waals surface area contributed by atoms with Crippen LogP contribution in [0.5, 0.6) is 11.5 Å². The van der Waals surface area contributed by atoms with Gasteiger partial charge in [-0.3, -0.25) is 0 Å². The van der Waals surface area contributed by atoms with Crippen LogP contribution in [-0.2, 0) is 6.42 Å². The molecule has 0 aliphatic carbocycles. The van der Waals surface area contributed by atoms with Gasteiger partial charge in [0.25, 0.3) is 0 Å². The largest absolute Gasteiger partial charge is 0.457 e. The van der Waals surface area contributed by atoms with Gasteiger partial charge in [-0.15, -0.1) is 0 Å². The van der Waals surface area contributed by atoms with E-state index in [0.29, 0.717) is 0 Å². The summed E-state index contributed by atoms with van der Waals surface area (Å²) in [5.74, 6) is 1.68. The van der Waals surface area contributed by atoms with E-state index in [0.717, 1.165) is 28.8 Å². The van der Waals surface area contributed by atoms with Crippen LogP contribution < -0.4 is 10.5 Å². The first-order valence-electron chi connectivity index (χ1n) is 6.45. The molecule has 0 saturated heterocycles. The maximum atomic E-state index is 5.95. The fourth-order valence-electron chi connectivity index (χ4n) is 1.78. The first-order chi connectivity index (χ1) is 9.17. The van der Waals surface area contributed by atoms with Crippen molar-refractivity contribution in [3.8, 4) is 11.5 Å². The molecule has 1 unspecified atom stereocenters. The highest BCUT2D eigenvalue weighted by Crippen LogP contribution is 2.23. The molecule has 1 atom stereocenters. The molecule has 100 valence electrons. The van der Waals surface area contributed by atoms with E-state index in [1.165, 1.54) is 5.56 Å². The lowest BCUT2D eigenvalue weighted by molar-refractivity contribution is 0.482. The van der Waals surface area contributed by atoms with Crippen molar-refractivity contribution < 1.29 is 4.74 Å². The smallest absolute Gasteiger partial charge is 0.127 e. The monoisotopic (exact) mass is 319 g/mol. The van der Waals surface area contributed by atoms with Gasteiger partial charge in [-0.1, -0.05) is 35.0 Å². The maximum absolute atomic E-state index is 5.95. The van der Waals surface area contributed by atoms with Gasteiger partial charge in [-0.05, 0) is 54.8 Å². The van der Waals surface area contributed by atoms with Gasteiger partial charge in [-0.25, -0.2) is 0 Å². The first kappa shape index (κ1) is 14.1. The van der Waals surface area contributed by atoms with Crippen molar-refractivity contribution in [3.05, 3.63) is 58.6 Å². The van der Waals surface area contributed by atoms with E-state index in [1.54, 1.807) is 0 Å². The Morgan fingerprint density at radius 2 is 1.53 bits per heavy atom. The second kappa shape index (κ2) is 6.73. The zero-order valence-electron chi connectivity index (χ0n) is 11.0. The summed E-state index contributed by atoms with van der Waals surface area (Å²) >= 11 is 3.40. The van der Waals surface area contributed by atoms with Gasteiger partial charge in [0.1, 0.15) is 11.5 Å². The highest BCUT2D eigenvalue weighted by Gasteiger charge is 2.02. The van der Waals surface area contributed by atoms with Crippen molar-refractivity contribution in [2.75, 3.05) is 0 Å². The number of halogens is 1. The van der Waals surface area contributed by atoms with E-state index in [9.17, 15) is 0 Å². The minimum atomic E-state index is 0.234. The molecule has 2 aromatic carbocycles. The molecule has 0 fully saturated rings. The minimum Gasteiger partial charge on any atom is -0.457 e. The Kier molecular flexibility index (Phi) is 5.00. The molecule has 0 radical (unpaired) electrons. The second-order valence-electron chi connectivity index (χ2n) is 4.57. The summed E-state index contributed by atoms with van der Waals surface area (Å²) in [6, 6.07) is 16.1. The molecule has 19 heavy (non-hydrogen) atoms. The zero-order valence-corrected chi connectivity index (χ0v) is 12.6. The van der Waals surface area contributed by atoms with Crippen LogP contribution in [0.15, 0.2) is 53.0 Å². The molecule has 0 aliphatic rings. The van der Waals surface area contributed by atoms with Gasteiger partial charge in [-0.2, -0.15) is 0 Å². The quantitative estimate of drug-likeness (QED) is 0.879. The normalized spacial score (nSPS) is 12.2. The van der Waals surface area contributed by atoms with Crippen LogP contribution in [-0.4, -0.2) is 6.04 Å². The lowest BCUT2D eigenvalue weighted by atomic mass is 10.0. The summed E-state index contributed by atoms with van der Waals surface area (Å²) in [5, 5.41) is 0. The van der Waals surface area contributed by atoms with Crippen LogP contribution in [0.2, 0.25) is 0 Å². The van der Waals surface area contributed by atoms with Gasteiger partial charge >= 0.3 is 0 Å². The zero-order chi connectivity index (χ0) is 13.7. The third kappa shape index (κ3) is 4.37. The molecule has 0 spiro atoms. The number of ether oxygens (including phenoxy) is 1. The lowest BCUT2D eigenvalue weighted by Gasteiger charge is -2.10. The van der Waals surface area contributed by atoms with Gasteiger partial charge in [0.2, 0.25) is 0 Å². The highest BCUT2D eigenvalue weighted by atomic mass is 79.9. The molecule has 0 aliphatic heterocycles. The van der Waals surface area contributed by atoms with Crippen molar-refractivity contribution in [2.45, 2.75) is 25.8 Å².